The Hall–Kier alpha value is -3.35. The minimum absolute atomic E-state index is 0.0661. The van der Waals surface area contributed by atoms with Gasteiger partial charge in [-0.25, -0.2) is 0 Å². The number of benzene rings is 2. The van der Waals surface area contributed by atoms with E-state index >= 15 is 0 Å². The Bertz CT molecular complexity index is 1190. The van der Waals surface area contributed by atoms with Crippen LogP contribution in [0.25, 0.3) is 22.3 Å². The van der Waals surface area contributed by atoms with Crippen LogP contribution in [-0.4, -0.2) is 73.1 Å². The molecule has 1 saturated heterocycles. The summed E-state index contributed by atoms with van der Waals surface area (Å²) in [6.07, 6.45) is -8.16. The number of rotatable bonds is 4. The lowest BCUT2D eigenvalue weighted by molar-refractivity contribution is -0.277. The molecule has 3 aromatic rings. The van der Waals surface area contributed by atoms with E-state index < -0.39 is 54.2 Å². The summed E-state index contributed by atoms with van der Waals surface area (Å²) < 4.78 is 16.6. The van der Waals surface area contributed by atoms with Crippen molar-refractivity contribution in [3.8, 4) is 34.3 Å². The third-order valence-electron chi connectivity index (χ3n) is 5.13. The molecule has 1 fully saturated rings. The normalized spacial score (nSPS) is 25.7. The van der Waals surface area contributed by atoms with Crippen LogP contribution in [0.4, 0.5) is 0 Å². The van der Waals surface area contributed by atoms with Crippen molar-refractivity contribution >= 4 is 11.0 Å². The number of aromatic hydroxyl groups is 3. The summed E-state index contributed by atoms with van der Waals surface area (Å²) in [5.41, 5.74) is -0.801. The molecule has 0 saturated carbocycles. The van der Waals surface area contributed by atoms with Crippen LogP contribution >= 0.6 is 0 Å². The van der Waals surface area contributed by atoms with E-state index in [0.717, 1.165) is 12.1 Å². The van der Waals surface area contributed by atoms with Crippen LogP contribution in [0.1, 0.15) is 0 Å². The highest BCUT2D eigenvalue weighted by molar-refractivity contribution is 5.88. The van der Waals surface area contributed by atoms with Gasteiger partial charge in [-0.1, -0.05) is 0 Å². The number of fused-ring (bicyclic) bond motifs is 1. The van der Waals surface area contributed by atoms with Gasteiger partial charge < -0.3 is 49.6 Å². The van der Waals surface area contributed by atoms with Gasteiger partial charge in [-0.05, 0) is 24.3 Å². The maximum Gasteiger partial charge on any atom is 0.239 e. The van der Waals surface area contributed by atoms with Crippen LogP contribution in [0, 0.1) is 0 Å². The van der Waals surface area contributed by atoms with Gasteiger partial charge in [0.05, 0.1) is 6.61 Å². The van der Waals surface area contributed by atoms with Crippen molar-refractivity contribution in [1.82, 2.24) is 0 Å². The van der Waals surface area contributed by atoms with Gasteiger partial charge in [0.1, 0.15) is 52.6 Å². The van der Waals surface area contributed by atoms with Crippen molar-refractivity contribution in [2.75, 3.05) is 6.61 Å². The predicted molar refractivity (Wildman–Crippen MR) is 107 cm³/mol. The third-order valence-corrected chi connectivity index (χ3v) is 5.13. The third kappa shape index (κ3) is 3.72. The van der Waals surface area contributed by atoms with E-state index in [9.17, 15) is 40.5 Å². The Balaban J connectivity index is 1.89. The number of hydrogen-bond donors (Lipinski definition) is 7. The van der Waals surface area contributed by atoms with Crippen molar-refractivity contribution < 1.29 is 49.6 Å². The van der Waals surface area contributed by atoms with E-state index in [2.05, 4.69) is 0 Å². The van der Waals surface area contributed by atoms with Crippen LogP contribution in [0.3, 0.4) is 0 Å². The molecule has 2 aromatic carbocycles. The van der Waals surface area contributed by atoms with E-state index in [-0.39, 0.29) is 33.8 Å². The van der Waals surface area contributed by atoms with E-state index in [1.807, 2.05) is 0 Å². The first-order chi connectivity index (χ1) is 15.2. The van der Waals surface area contributed by atoms with Crippen molar-refractivity contribution in [2.24, 2.45) is 0 Å². The minimum Gasteiger partial charge on any atom is -0.508 e. The fourth-order valence-corrected chi connectivity index (χ4v) is 3.46. The topological polar surface area (TPSA) is 190 Å². The fourth-order valence-electron chi connectivity index (χ4n) is 3.46. The van der Waals surface area contributed by atoms with Crippen LogP contribution in [0.2, 0.25) is 0 Å². The number of phenolic OH excluding ortho intramolecular Hbond substituents is 3. The van der Waals surface area contributed by atoms with E-state index in [1.54, 1.807) is 0 Å². The minimum atomic E-state index is -1.80. The molecule has 0 amide bonds. The predicted octanol–water partition coefficient (Wildman–Crippen LogP) is -0.244. The van der Waals surface area contributed by atoms with Gasteiger partial charge in [0.15, 0.2) is 5.76 Å². The number of hydrogen-bond acceptors (Lipinski definition) is 11. The first kappa shape index (κ1) is 21.9. The zero-order valence-electron chi connectivity index (χ0n) is 16.3. The summed E-state index contributed by atoms with van der Waals surface area (Å²) in [6.45, 7) is -0.706. The summed E-state index contributed by atoms with van der Waals surface area (Å²) in [6, 6.07) is 7.48. The monoisotopic (exact) mass is 448 g/mol. The van der Waals surface area contributed by atoms with Gasteiger partial charge in [0.25, 0.3) is 0 Å². The quantitative estimate of drug-likeness (QED) is 0.279. The molecule has 32 heavy (non-hydrogen) atoms. The van der Waals surface area contributed by atoms with Crippen molar-refractivity contribution in [1.29, 1.82) is 0 Å². The molecular weight excluding hydrogens is 428 g/mol. The molecule has 0 spiro atoms. The summed E-state index contributed by atoms with van der Waals surface area (Å²) in [5, 5.41) is 68.8. The molecule has 0 aliphatic carbocycles. The van der Waals surface area contributed by atoms with Crippen molar-refractivity contribution in [3.63, 3.8) is 0 Å². The second-order valence-electron chi connectivity index (χ2n) is 7.29. The lowest BCUT2D eigenvalue weighted by Crippen LogP contribution is -2.60. The molecule has 0 bridgehead atoms. The molecule has 11 nitrogen and oxygen atoms in total. The van der Waals surface area contributed by atoms with E-state index in [0.29, 0.717) is 0 Å². The number of aliphatic hydroxyl groups is 4. The molecule has 11 heteroatoms. The average molecular weight is 448 g/mol. The zero-order chi connectivity index (χ0) is 23.2. The second kappa shape index (κ2) is 8.30. The van der Waals surface area contributed by atoms with Gasteiger partial charge in [-0.2, -0.15) is 0 Å². The second-order valence-corrected chi connectivity index (χ2v) is 7.29. The van der Waals surface area contributed by atoms with Crippen LogP contribution in [-0.2, 0) is 4.74 Å². The standard InChI is InChI=1S/C21H20O11/c22-7-13-15(26)17(28)18(29)21(31-13)32-20-16(27)14-11(25)5-10(24)6-12(14)30-19(20)8-1-3-9(23)4-2-8/h1-6,13,15,17-18,21-26,28-29H,7H2/t13?,15-,17?,18+,21+/m1/s1. The molecule has 2 unspecified atom stereocenters. The molecule has 0 radical (unpaired) electrons. The first-order valence-corrected chi connectivity index (χ1v) is 9.50. The van der Waals surface area contributed by atoms with E-state index in [4.69, 9.17) is 13.9 Å². The van der Waals surface area contributed by atoms with Crippen molar-refractivity contribution in [2.45, 2.75) is 30.7 Å². The van der Waals surface area contributed by atoms with Crippen LogP contribution < -0.4 is 10.2 Å². The van der Waals surface area contributed by atoms with Gasteiger partial charge >= 0.3 is 0 Å². The average Bonchev–Trinajstić information content (AvgIpc) is 2.75. The number of aliphatic hydroxyl groups excluding tert-OH is 4. The molecule has 1 aliphatic rings. The van der Waals surface area contributed by atoms with Crippen molar-refractivity contribution in [3.05, 3.63) is 46.6 Å². The number of ether oxygens (including phenoxy) is 2. The summed E-state index contributed by atoms with van der Waals surface area (Å²) in [4.78, 5) is 13.2. The first-order valence-electron chi connectivity index (χ1n) is 9.50. The smallest absolute Gasteiger partial charge is 0.239 e. The Morgan fingerprint density at radius 3 is 2.25 bits per heavy atom. The maximum absolute atomic E-state index is 13.2. The summed E-state index contributed by atoms with van der Waals surface area (Å²) in [7, 11) is 0. The molecule has 7 N–H and O–H groups in total. The van der Waals surface area contributed by atoms with E-state index in [1.165, 1.54) is 24.3 Å². The van der Waals surface area contributed by atoms with Gasteiger partial charge in [-0.15, -0.1) is 0 Å². The molecule has 2 heterocycles. The molecule has 5 atom stereocenters. The Kier molecular flexibility index (Phi) is 5.67. The highest BCUT2D eigenvalue weighted by Crippen LogP contribution is 2.37. The maximum atomic E-state index is 13.2. The SMILES string of the molecule is O=c1c(O[C@@H]2OC(CO)[C@@H](O)C(O)[C@@H]2O)c(-c2ccc(O)cc2)oc2cc(O)cc(O)c12. The lowest BCUT2D eigenvalue weighted by Gasteiger charge is -2.39. The Morgan fingerprint density at radius 1 is 0.906 bits per heavy atom. The highest BCUT2D eigenvalue weighted by atomic mass is 16.7. The van der Waals surface area contributed by atoms with Gasteiger partial charge in [0.2, 0.25) is 17.5 Å². The molecular formula is C21H20O11. The molecule has 1 aliphatic heterocycles. The molecule has 1 aromatic heterocycles. The zero-order valence-corrected chi connectivity index (χ0v) is 16.3. The van der Waals surface area contributed by atoms with Crippen LogP contribution in [0.15, 0.2) is 45.6 Å². The summed E-state index contributed by atoms with van der Waals surface area (Å²) >= 11 is 0. The van der Waals surface area contributed by atoms with Crippen LogP contribution in [0.5, 0.6) is 23.0 Å². The highest BCUT2D eigenvalue weighted by Gasteiger charge is 2.45. The molecule has 4 rings (SSSR count). The Morgan fingerprint density at radius 2 is 1.59 bits per heavy atom. The van der Waals surface area contributed by atoms with Gasteiger partial charge in [0, 0.05) is 17.7 Å². The largest absolute Gasteiger partial charge is 0.508 e. The lowest BCUT2D eigenvalue weighted by atomic mass is 9.99. The number of phenols is 3. The fraction of sp³-hybridized carbons (Fsp3) is 0.286. The Labute approximate surface area is 179 Å². The van der Waals surface area contributed by atoms with Gasteiger partial charge in [-0.3, -0.25) is 4.79 Å². The molecule has 170 valence electrons. The summed E-state index contributed by atoms with van der Waals surface area (Å²) in [5.74, 6) is -1.73.